The number of anilines is 1. The third-order valence-electron chi connectivity index (χ3n) is 3.21. The number of benzene rings is 1. The van der Waals surface area contributed by atoms with Gasteiger partial charge in [0.1, 0.15) is 5.75 Å². The van der Waals surface area contributed by atoms with Gasteiger partial charge in [0.2, 0.25) is 5.43 Å². The number of hydrogen-bond acceptors (Lipinski definition) is 3. The molecule has 0 unspecified atom stereocenters. The summed E-state index contributed by atoms with van der Waals surface area (Å²) in [5.41, 5.74) is 1.41. The first-order chi connectivity index (χ1) is 9.20. The van der Waals surface area contributed by atoms with Gasteiger partial charge in [0.05, 0.1) is 12.8 Å². The minimum atomic E-state index is -0.0330. The van der Waals surface area contributed by atoms with Crippen LogP contribution in [0.3, 0.4) is 0 Å². The zero-order valence-electron chi connectivity index (χ0n) is 10.4. The van der Waals surface area contributed by atoms with E-state index in [9.17, 15) is 4.79 Å². The maximum Gasteiger partial charge on any atom is 0.210 e. The highest BCUT2D eigenvalue weighted by Crippen LogP contribution is 2.30. The van der Waals surface area contributed by atoms with E-state index in [1.54, 1.807) is 25.3 Å². The Morgan fingerprint density at radius 2 is 2.11 bits per heavy atom. The van der Waals surface area contributed by atoms with Crippen molar-refractivity contribution in [1.82, 2.24) is 0 Å². The summed E-state index contributed by atoms with van der Waals surface area (Å²) in [6.07, 6.45) is 3.90. The minimum absolute atomic E-state index is 0.0330. The maximum atomic E-state index is 12.6. The van der Waals surface area contributed by atoms with E-state index in [0.29, 0.717) is 28.4 Å². The van der Waals surface area contributed by atoms with Crippen molar-refractivity contribution >= 4 is 34.1 Å². The molecule has 3 nitrogen and oxygen atoms in total. The van der Waals surface area contributed by atoms with Gasteiger partial charge in [0, 0.05) is 27.9 Å². The fourth-order valence-corrected chi connectivity index (χ4v) is 2.48. The fraction of sp³-hybridized carbons (Fsp3) is 0.133. The van der Waals surface area contributed by atoms with Gasteiger partial charge in [-0.15, -0.1) is 0 Å². The van der Waals surface area contributed by atoms with E-state index in [1.165, 1.54) is 0 Å². The Bertz CT molecular complexity index is 753. The van der Waals surface area contributed by atoms with Crippen LogP contribution in [0.5, 0.6) is 5.75 Å². The molecular formula is C15H12ClNO2. The molecule has 0 atom stereocenters. The van der Waals surface area contributed by atoms with Crippen molar-refractivity contribution in [3.63, 3.8) is 0 Å². The Balaban J connectivity index is 2.54. The molecule has 1 heterocycles. The number of fused-ring (bicyclic) bond motifs is 2. The van der Waals surface area contributed by atoms with Gasteiger partial charge in [-0.2, -0.15) is 0 Å². The second-order valence-electron chi connectivity index (χ2n) is 4.35. The molecular weight excluding hydrogens is 262 g/mol. The molecule has 1 aliphatic rings. The van der Waals surface area contributed by atoms with Crippen LogP contribution in [0.2, 0.25) is 5.02 Å². The molecule has 0 radical (unpaired) electrons. The summed E-state index contributed by atoms with van der Waals surface area (Å²) in [6.45, 7) is 0.656. The maximum absolute atomic E-state index is 12.6. The van der Waals surface area contributed by atoms with Crippen LogP contribution in [-0.4, -0.2) is 13.7 Å². The van der Waals surface area contributed by atoms with Crippen LogP contribution < -0.4 is 15.5 Å². The largest absolute Gasteiger partial charge is 0.496 e. The number of hydrogen-bond donors (Lipinski definition) is 1. The third kappa shape index (κ3) is 1.96. The fourth-order valence-electron chi connectivity index (χ4n) is 2.30. The predicted octanol–water partition coefficient (Wildman–Crippen LogP) is 3.30. The lowest BCUT2D eigenvalue weighted by atomic mass is 10.1. The number of ether oxygens (including phenoxy) is 1. The van der Waals surface area contributed by atoms with Gasteiger partial charge in [-0.3, -0.25) is 4.79 Å². The van der Waals surface area contributed by atoms with Crippen molar-refractivity contribution < 1.29 is 4.74 Å². The molecule has 1 aliphatic heterocycles. The van der Waals surface area contributed by atoms with Crippen LogP contribution in [-0.2, 0) is 0 Å². The lowest BCUT2D eigenvalue weighted by Gasteiger charge is -2.08. The molecule has 2 aromatic rings. The lowest BCUT2D eigenvalue weighted by Crippen LogP contribution is -2.13. The van der Waals surface area contributed by atoms with Crippen molar-refractivity contribution in [3.8, 4) is 5.75 Å². The van der Waals surface area contributed by atoms with Crippen LogP contribution in [0.1, 0.15) is 5.56 Å². The second-order valence-corrected chi connectivity index (χ2v) is 4.78. The molecule has 0 bridgehead atoms. The summed E-state index contributed by atoms with van der Waals surface area (Å²) < 4.78 is 5.40. The monoisotopic (exact) mass is 273 g/mol. The van der Waals surface area contributed by atoms with E-state index < -0.39 is 0 Å². The van der Waals surface area contributed by atoms with Gasteiger partial charge in [0.25, 0.3) is 0 Å². The first-order valence-corrected chi connectivity index (χ1v) is 6.33. The zero-order valence-corrected chi connectivity index (χ0v) is 11.1. The molecule has 0 saturated heterocycles. The molecule has 3 rings (SSSR count). The molecule has 0 aromatic heterocycles. The second kappa shape index (κ2) is 4.59. The van der Waals surface area contributed by atoms with Gasteiger partial charge in [-0.05, 0) is 24.3 Å². The van der Waals surface area contributed by atoms with Crippen LogP contribution >= 0.6 is 11.6 Å². The SMILES string of the molecule is COc1cc2c(c(=O)c3ccc(Cl)cc13)NCC=C2. The Morgan fingerprint density at radius 3 is 2.89 bits per heavy atom. The van der Waals surface area contributed by atoms with E-state index in [2.05, 4.69) is 5.32 Å². The molecule has 1 N–H and O–H groups in total. The minimum Gasteiger partial charge on any atom is -0.496 e. The summed E-state index contributed by atoms with van der Waals surface area (Å²) in [6, 6.07) is 7.07. The third-order valence-corrected chi connectivity index (χ3v) is 3.44. The highest BCUT2D eigenvalue weighted by molar-refractivity contribution is 6.31. The summed E-state index contributed by atoms with van der Waals surface area (Å²) in [7, 11) is 1.59. The van der Waals surface area contributed by atoms with Crippen molar-refractivity contribution in [2.45, 2.75) is 0 Å². The van der Waals surface area contributed by atoms with E-state index >= 15 is 0 Å². The topological polar surface area (TPSA) is 38.3 Å². The molecule has 0 saturated carbocycles. The molecule has 0 fully saturated rings. The molecule has 96 valence electrons. The van der Waals surface area contributed by atoms with E-state index in [-0.39, 0.29) is 5.43 Å². The van der Waals surface area contributed by atoms with Gasteiger partial charge >= 0.3 is 0 Å². The number of methoxy groups -OCH3 is 1. The first kappa shape index (κ1) is 12.1. The Morgan fingerprint density at radius 1 is 1.26 bits per heavy atom. The van der Waals surface area contributed by atoms with Crippen LogP contribution in [0, 0.1) is 0 Å². The van der Waals surface area contributed by atoms with Crippen molar-refractivity contribution in [2.75, 3.05) is 19.0 Å². The van der Waals surface area contributed by atoms with E-state index in [1.807, 2.05) is 18.2 Å². The highest BCUT2D eigenvalue weighted by Gasteiger charge is 2.13. The summed E-state index contributed by atoms with van der Waals surface area (Å²) in [5, 5.41) is 5.03. The molecule has 0 aliphatic carbocycles. The Hall–Kier alpha value is -2.00. The number of rotatable bonds is 1. The van der Waals surface area contributed by atoms with Crippen molar-refractivity contribution in [1.29, 1.82) is 0 Å². The van der Waals surface area contributed by atoms with Gasteiger partial charge in [0.15, 0.2) is 0 Å². The number of halogens is 1. The van der Waals surface area contributed by atoms with E-state index in [4.69, 9.17) is 16.3 Å². The predicted molar refractivity (Wildman–Crippen MR) is 79.3 cm³/mol. The zero-order chi connectivity index (χ0) is 13.4. The van der Waals surface area contributed by atoms with Crippen LogP contribution in [0.4, 0.5) is 5.69 Å². The summed E-state index contributed by atoms with van der Waals surface area (Å²) in [5.74, 6) is 0.643. The van der Waals surface area contributed by atoms with Crippen molar-refractivity contribution in [2.24, 2.45) is 0 Å². The van der Waals surface area contributed by atoms with Crippen LogP contribution in [0.25, 0.3) is 16.8 Å². The van der Waals surface area contributed by atoms with Gasteiger partial charge in [-0.25, -0.2) is 0 Å². The van der Waals surface area contributed by atoms with Gasteiger partial charge in [-0.1, -0.05) is 23.8 Å². The molecule has 2 aromatic carbocycles. The lowest BCUT2D eigenvalue weighted by molar-refractivity contribution is 0.420. The normalized spacial score (nSPS) is 12.9. The Kier molecular flexibility index (Phi) is 2.91. The molecule has 19 heavy (non-hydrogen) atoms. The quantitative estimate of drug-likeness (QED) is 0.866. The highest BCUT2D eigenvalue weighted by atomic mass is 35.5. The summed E-state index contributed by atoms with van der Waals surface area (Å²) >= 11 is 6.02. The average molecular weight is 274 g/mol. The van der Waals surface area contributed by atoms with Crippen molar-refractivity contribution in [3.05, 3.63) is 51.2 Å². The standard InChI is InChI=1S/C15H12ClNO2/c1-19-13-7-9-3-2-6-17-14(9)15(18)11-5-4-10(16)8-12(11)13/h2-5,7-8,17H,6H2,1H3. The summed E-state index contributed by atoms with van der Waals surface area (Å²) in [4.78, 5) is 12.6. The Labute approximate surface area is 115 Å². The van der Waals surface area contributed by atoms with E-state index in [0.717, 1.165) is 10.9 Å². The molecule has 0 amide bonds. The molecule has 4 heteroatoms. The first-order valence-electron chi connectivity index (χ1n) is 5.95. The average Bonchev–Trinajstić information content (AvgIpc) is 2.55. The molecule has 0 spiro atoms. The van der Waals surface area contributed by atoms with Crippen LogP contribution in [0.15, 0.2) is 35.1 Å². The smallest absolute Gasteiger partial charge is 0.210 e. The number of nitrogens with one attached hydrogen (secondary N) is 1. The van der Waals surface area contributed by atoms with Gasteiger partial charge < -0.3 is 10.1 Å².